The molecule has 0 saturated heterocycles. The van der Waals surface area contributed by atoms with Crippen LogP contribution in [0.4, 0.5) is 17.1 Å². The molecule has 1 aliphatic carbocycles. The number of quaternary nitrogens is 2. The van der Waals surface area contributed by atoms with Crippen LogP contribution in [0.3, 0.4) is 0 Å². The van der Waals surface area contributed by atoms with E-state index in [-0.39, 0.29) is 17.1 Å². The lowest BCUT2D eigenvalue weighted by Crippen LogP contribution is -3.00. The SMILES string of the molecule is [O-][NH+](O)c1ccc(NN=C2CCc3sccc32)c([NH+]([O-])O)c1. The van der Waals surface area contributed by atoms with Crippen LogP contribution in [0.5, 0.6) is 0 Å². The Labute approximate surface area is 129 Å². The smallest absolute Gasteiger partial charge is 0.195 e. The fourth-order valence-corrected chi connectivity index (χ4v) is 3.25. The van der Waals surface area contributed by atoms with E-state index in [1.807, 2.05) is 11.4 Å². The van der Waals surface area contributed by atoms with Crippen LogP contribution in [0.2, 0.25) is 0 Å². The van der Waals surface area contributed by atoms with Crippen LogP contribution in [0.15, 0.2) is 34.7 Å². The molecule has 8 nitrogen and oxygen atoms in total. The van der Waals surface area contributed by atoms with Crippen LogP contribution < -0.4 is 15.9 Å². The number of hydrazone groups is 1. The van der Waals surface area contributed by atoms with E-state index in [0.717, 1.165) is 30.2 Å². The quantitative estimate of drug-likeness (QED) is 0.519. The molecule has 0 amide bonds. The Kier molecular flexibility index (Phi) is 4.18. The van der Waals surface area contributed by atoms with Crippen LogP contribution in [-0.2, 0) is 6.42 Å². The Morgan fingerprint density at radius 2 is 1.95 bits per heavy atom. The number of hydrogen-bond acceptors (Lipinski definition) is 7. The minimum absolute atomic E-state index is 0.0726. The van der Waals surface area contributed by atoms with E-state index >= 15 is 0 Å². The minimum atomic E-state index is -1.20. The molecule has 1 aromatic heterocycles. The first kappa shape index (κ1) is 15.1. The van der Waals surface area contributed by atoms with Gasteiger partial charge in [0.15, 0.2) is 11.4 Å². The van der Waals surface area contributed by atoms with Gasteiger partial charge in [0, 0.05) is 16.5 Å². The molecule has 0 bridgehead atoms. The Morgan fingerprint density at radius 3 is 2.68 bits per heavy atom. The van der Waals surface area contributed by atoms with Crippen molar-refractivity contribution in [1.82, 2.24) is 0 Å². The third-order valence-electron chi connectivity index (χ3n) is 3.45. The van der Waals surface area contributed by atoms with E-state index in [0.29, 0.717) is 0 Å². The van der Waals surface area contributed by atoms with Crippen molar-refractivity contribution in [2.45, 2.75) is 12.8 Å². The summed E-state index contributed by atoms with van der Waals surface area (Å²) in [5, 5.41) is 44.3. The van der Waals surface area contributed by atoms with Crippen LogP contribution >= 0.6 is 11.3 Å². The van der Waals surface area contributed by atoms with E-state index in [2.05, 4.69) is 10.5 Å². The van der Waals surface area contributed by atoms with E-state index < -0.39 is 10.5 Å². The number of anilines is 1. The number of rotatable bonds is 4. The van der Waals surface area contributed by atoms with Crippen molar-refractivity contribution in [2.75, 3.05) is 5.43 Å². The van der Waals surface area contributed by atoms with E-state index in [4.69, 9.17) is 5.21 Å². The summed E-state index contributed by atoms with van der Waals surface area (Å²) in [6, 6.07) is 5.89. The zero-order valence-electron chi connectivity index (χ0n) is 11.4. The second-order valence-electron chi connectivity index (χ2n) is 4.80. The number of aryl methyl sites for hydroxylation is 1. The number of hydrogen-bond donors (Lipinski definition) is 5. The fraction of sp³-hybridized carbons (Fsp3) is 0.154. The zero-order chi connectivity index (χ0) is 15.7. The molecule has 1 aliphatic rings. The molecule has 0 spiro atoms. The number of nitrogens with zero attached hydrogens (tertiary/aromatic N) is 1. The van der Waals surface area contributed by atoms with Crippen LogP contribution in [0, 0.1) is 10.4 Å². The van der Waals surface area contributed by atoms with E-state index in [9.17, 15) is 15.6 Å². The van der Waals surface area contributed by atoms with Gasteiger partial charge in [-0.1, -0.05) is 0 Å². The predicted molar refractivity (Wildman–Crippen MR) is 80.8 cm³/mol. The molecule has 0 radical (unpaired) electrons. The van der Waals surface area contributed by atoms with Gasteiger partial charge in [-0.3, -0.25) is 5.43 Å². The summed E-state index contributed by atoms with van der Waals surface area (Å²) in [6.07, 6.45) is 1.75. The van der Waals surface area contributed by atoms with Crippen LogP contribution in [-0.4, -0.2) is 16.1 Å². The molecule has 1 aromatic carbocycles. The Morgan fingerprint density at radius 1 is 1.14 bits per heavy atom. The lowest BCUT2D eigenvalue weighted by Gasteiger charge is -2.18. The summed E-state index contributed by atoms with van der Waals surface area (Å²) in [6.45, 7) is 0. The molecule has 116 valence electrons. The maximum atomic E-state index is 11.3. The maximum absolute atomic E-state index is 11.3. The van der Waals surface area contributed by atoms with Crippen molar-refractivity contribution in [2.24, 2.45) is 5.10 Å². The van der Waals surface area contributed by atoms with Gasteiger partial charge >= 0.3 is 0 Å². The van der Waals surface area contributed by atoms with Gasteiger partial charge in [-0.2, -0.15) is 15.6 Å². The Balaban J connectivity index is 1.87. The van der Waals surface area contributed by atoms with Crippen molar-refractivity contribution in [1.29, 1.82) is 0 Å². The third-order valence-corrected chi connectivity index (χ3v) is 4.43. The Bertz CT molecular complexity index is 714. The molecular weight excluding hydrogens is 308 g/mol. The van der Waals surface area contributed by atoms with Gasteiger partial charge in [-0.15, -0.1) is 11.3 Å². The molecular formula is C13H14N4O4S. The van der Waals surface area contributed by atoms with Gasteiger partial charge in [0.05, 0.1) is 11.8 Å². The van der Waals surface area contributed by atoms with Gasteiger partial charge in [-0.25, -0.2) is 10.4 Å². The number of benzene rings is 1. The monoisotopic (exact) mass is 322 g/mol. The Hall–Kier alpha value is -1.85. The highest BCUT2D eigenvalue weighted by atomic mass is 32.1. The lowest BCUT2D eigenvalue weighted by atomic mass is 10.2. The first-order valence-corrected chi connectivity index (χ1v) is 7.44. The fourth-order valence-electron chi connectivity index (χ4n) is 2.35. The highest BCUT2D eigenvalue weighted by molar-refractivity contribution is 7.10. The third kappa shape index (κ3) is 2.87. The summed E-state index contributed by atoms with van der Waals surface area (Å²) < 4.78 is 0. The van der Waals surface area contributed by atoms with Crippen molar-refractivity contribution in [3.8, 4) is 0 Å². The highest BCUT2D eigenvalue weighted by Gasteiger charge is 2.19. The van der Waals surface area contributed by atoms with Crippen molar-refractivity contribution < 1.29 is 20.9 Å². The molecule has 1 heterocycles. The summed E-state index contributed by atoms with van der Waals surface area (Å²) in [7, 11) is 0. The van der Waals surface area contributed by atoms with Gasteiger partial charge in [-0.05, 0) is 30.4 Å². The molecule has 9 heteroatoms. The second kappa shape index (κ2) is 6.10. The predicted octanol–water partition coefficient (Wildman–Crippen LogP) is 0.317. The first-order chi connectivity index (χ1) is 10.6. The average molecular weight is 322 g/mol. The normalized spacial score (nSPS) is 18.3. The minimum Gasteiger partial charge on any atom is -0.595 e. The van der Waals surface area contributed by atoms with Gasteiger partial charge < -0.3 is 10.4 Å². The van der Waals surface area contributed by atoms with Crippen LogP contribution in [0.25, 0.3) is 0 Å². The van der Waals surface area contributed by atoms with Gasteiger partial charge in [0.1, 0.15) is 5.69 Å². The number of nitrogens with one attached hydrogen (secondary N) is 3. The largest absolute Gasteiger partial charge is 0.595 e. The molecule has 22 heavy (non-hydrogen) atoms. The standard InChI is InChI=1S/C13H14N4O4S/c18-16(19)8-1-2-11(12(7-8)17(20)21)15-14-10-3-4-13-9(10)5-6-22-13/h1-2,5-7,15-18,20H,3-4H2. The molecule has 0 saturated carbocycles. The van der Waals surface area contributed by atoms with Crippen LogP contribution in [0.1, 0.15) is 16.9 Å². The summed E-state index contributed by atoms with van der Waals surface area (Å²) in [5.74, 6) is 0. The van der Waals surface area contributed by atoms with Crippen molar-refractivity contribution >= 4 is 34.1 Å². The maximum Gasteiger partial charge on any atom is 0.195 e. The first-order valence-electron chi connectivity index (χ1n) is 6.56. The van der Waals surface area contributed by atoms with Gasteiger partial charge in [0.25, 0.3) is 0 Å². The van der Waals surface area contributed by atoms with E-state index in [1.54, 1.807) is 11.3 Å². The van der Waals surface area contributed by atoms with E-state index in [1.165, 1.54) is 17.0 Å². The van der Waals surface area contributed by atoms with Crippen molar-refractivity contribution in [3.05, 3.63) is 50.5 Å². The number of fused-ring (bicyclic) bond motifs is 1. The molecule has 2 unspecified atom stereocenters. The highest BCUT2D eigenvalue weighted by Crippen LogP contribution is 2.28. The molecule has 0 fully saturated rings. The molecule has 2 aromatic rings. The zero-order valence-corrected chi connectivity index (χ0v) is 12.2. The average Bonchev–Trinajstić information content (AvgIpc) is 3.08. The lowest BCUT2D eigenvalue weighted by molar-refractivity contribution is -0.996. The molecule has 2 atom stereocenters. The van der Waals surface area contributed by atoms with Crippen molar-refractivity contribution in [3.63, 3.8) is 0 Å². The summed E-state index contributed by atoms with van der Waals surface area (Å²) in [4.78, 5) is 1.28. The topological polar surface area (TPSA) is 120 Å². The number of thiophene rings is 1. The summed E-state index contributed by atoms with van der Waals surface area (Å²) >= 11 is 1.68. The molecule has 0 aliphatic heterocycles. The second-order valence-corrected chi connectivity index (χ2v) is 5.80. The van der Waals surface area contributed by atoms with Gasteiger partial charge in [0.2, 0.25) is 0 Å². The molecule has 5 N–H and O–H groups in total. The summed E-state index contributed by atoms with van der Waals surface area (Å²) in [5.41, 5.74) is 4.81. The molecule has 3 rings (SSSR count).